The summed E-state index contributed by atoms with van der Waals surface area (Å²) in [4.78, 5) is 10.3. The van der Waals surface area contributed by atoms with E-state index in [2.05, 4.69) is 0 Å². The van der Waals surface area contributed by atoms with Gasteiger partial charge in [0.15, 0.2) is 0 Å². The van der Waals surface area contributed by atoms with Crippen molar-refractivity contribution in [2.24, 2.45) is 11.5 Å². The van der Waals surface area contributed by atoms with E-state index in [9.17, 15) is 4.79 Å². The van der Waals surface area contributed by atoms with Gasteiger partial charge >= 0.3 is 0 Å². The highest BCUT2D eigenvalue weighted by Gasteiger charge is 1.94. The van der Waals surface area contributed by atoms with Crippen LogP contribution in [0.1, 0.15) is 39.5 Å². The average Bonchev–Trinajstić information content (AvgIpc) is 2.19. The van der Waals surface area contributed by atoms with Gasteiger partial charge in [-0.05, 0) is 12.8 Å². The molecule has 0 aromatic rings. The van der Waals surface area contributed by atoms with E-state index in [1.54, 1.807) is 0 Å². The third-order valence-electron chi connectivity index (χ3n) is 1.65. The number of nitrogens with two attached hydrogens (primary N) is 2. The number of Topliss-reactive ketones (excluding diaryl/α,β-unsaturated/α-hetero) is 1. The molecule has 0 aliphatic rings. The summed E-state index contributed by atoms with van der Waals surface area (Å²) in [6, 6.07) is 0. The molecule has 4 heteroatoms. The third kappa shape index (κ3) is 14.1. The minimum Gasteiger partial charge on any atom is -0.392 e. The third-order valence-corrected chi connectivity index (χ3v) is 1.65. The molecule has 4 nitrogen and oxygen atoms in total. The van der Waals surface area contributed by atoms with Gasteiger partial charge < -0.3 is 16.6 Å². The first-order valence-electron chi connectivity index (χ1n) is 5.22. The van der Waals surface area contributed by atoms with Crippen molar-refractivity contribution in [2.45, 2.75) is 45.6 Å². The Morgan fingerprint density at radius 2 is 1.86 bits per heavy atom. The van der Waals surface area contributed by atoms with Crippen molar-refractivity contribution in [1.29, 1.82) is 0 Å². The van der Waals surface area contributed by atoms with Gasteiger partial charge in [0.2, 0.25) is 0 Å². The number of rotatable bonds is 6. The molecule has 0 aromatic heterocycles. The predicted molar refractivity (Wildman–Crippen MR) is 58.9 cm³/mol. The summed E-state index contributed by atoms with van der Waals surface area (Å²) in [7, 11) is 0. The summed E-state index contributed by atoms with van der Waals surface area (Å²) in [5, 5.41) is 8.73. The first-order chi connectivity index (χ1) is 6.62. The summed E-state index contributed by atoms with van der Waals surface area (Å²) in [6.45, 7) is 4.59. The Morgan fingerprint density at radius 1 is 1.29 bits per heavy atom. The molecule has 0 fully saturated rings. The molecule has 0 aromatic carbocycles. The zero-order valence-electron chi connectivity index (χ0n) is 9.33. The molecular weight excluding hydrogens is 180 g/mol. The van der Waals surface area contributed by atoms with Crippen molar-refractivity contribution in [3.63, 3.8) is 0 Å². The molecule has 14 heavy (non-hydrogen) atoms. The van der Waals surface area contributed by atoms with Crippen molar-refractivity contribution in [3.05, 3.63) is 0 Å². The van der Waals surface area contributed by atoms with Gasteiger partial charge in [0.05, 0.1) is 12.6 Å². The fourth-order valence-electron chi connectivity index (χ4n) is 0.832. The van der Waals surface area contributed by atoms with Crippen LogP contribution in [0.5, 0.6) is 0 Å². The van der Waals surface area contributed by atoms with Gasteiger partial charge in [-0.2, -0.15) is 0 Å². The highest BCUT2D eigenvalue weighted by Crippen LogP contribution is 1.91. The number of aliphatic hydroxyl groups excluding tert-OH is 1. The van der Waals surface area contributed by atoms with Crippen LogP contribution in [-0.4, -0.2) is 30.1 Å². The number of hydrogen-bond donors (Lipinski definition) is 3. The molecule has 1 unspecified atom stereocenters. The maximum atomic E-state index is 10.3. The Bertz CT molecular complexity index is 129. The van der Waals surface area contributed by atoms with Gasteiger partial charge in [0.25, 0.3) is 0 Å². The van der Waals surface area contributed by atoms with E-state index in [1.165, 1.54) is 0 Å². The van der Waals surface area contributed by atoms with Crippen LogP contribution in [-0.2, 0) is 4.79 Å². The average molecular weight is 204 g/mol. The topological polar surface area (TPSA) is 89.3 Å². The molecule has 0 radical (unpaired) electrons. The molecule has 1 atom stereocenters. The van der Waals surface area contributed by atoms with Crippen LogP contribution in [0.25, 0.3) is 0 Å². The van der Waals surface area contributed by atoms with E-state index >= 15 is 0 Å². The van der Waals surface area contributed by atoms with Crippen LogP contribution in [0.2, 0.25) is 0 Å². The number of ketones is 1. The smallest absolute Gasteiger partial charge is 0.146 e. The van der Waals surface area contributed by atoms with Crippen molar-refractivity contribution in [1.82, 2.24) is 0 Å². The quantitative estimate of drug-likeness (QED) is 0.585. The van der Waals surface area contributed by atoms with Crippen molar-refractivity contribution in [3.8, 4) is 0 Å². The normalized spacial score (nSPS) is 11.5. The van der Waals surface area contributed by atoms with Crippen molar-refractivity contribution in [2.75, 3.05) is 13.1 Å². The molecule has 5 N–H and O–H groups in total. The van der Waals surface area contributed by atoms with Crippen LogP contribution in [0.15, 0.2) is 0 Å². The number of aliphatic hydroxyl groups is 1. The Kier molecular flexibility index (Phi) is 14.3. The summed E-state index contributed by atoms with van der Waals surface area (Å²) in [5.74, 6) is 0.155. The second kappa shape index (κ2) is 12.6. The molecule has 0 spiro atoms. The fourth-order valence-corrected chi connectivity index (χ4v) is 0.832. The van der Waals surface area contributed by atoms with Crippen molar-refractivity contribution >= 4 is 5.78 Å². The van der Waals surface area contributed by atoms with E-state index in [4.69, 9.17) is 16.6 Å². The van der Waals surface area contributed by atoms with E-state index in [0.29, 0.717) is 13.0 Å². The zero-order chi connectivity index (χ0) is 11.4. The molecule has 0 aliphatic heterocycles. The largest absolute Gasteiger partial charge is 0.392 e. The number of carbonyl (C=O) groups is 1. The SMILES string of the molecule is CCCC(=O)CN.CCCC(O)CN. The molecule has 0 saturated heterocycles. The lowest BCUT2D eigenvalue weighted by molar-refractivity contribution is -0.117. The molecule has 0 amide bonds. The van der Waals surface area contributed by atoms with Crippen LogP contribution < -0.4 is 11.5 Å². The molecule has 0 saturated carbocycles. The van der Waals surface area contributed by atoms with Crippen LogP contribution >= 0.6 is 0 Å². The lowest BCUT2D eigenvalue weighted by Crippen LogP contribution is -2.18. The second-order valence-corrected chi connectivity index (χ2v) is 3.17. The highest BCUT2D eigenvalue weighted by molar-refractivity contribution is 5.80. The van der Waals surface area contributed by atoms with Crippen LogP contribution in [0.4, 0.5) is 0 Å². The van der Waals surface area contributed by atoms with Gasteiger partial charge in [-0.25, -0.2) is 0 Å². The minimum absolute atomic E-state index is 0.155. The summed E-state index contributed by atoms with van der Waals surface area (Å²) >= 11 is 0. The summed E-state index contributed by atoms with van der Waals surface area (Å²) < 4.78 is 0. The lowest BCUT2D eigenvalue weighted by Gasteiger charge is -2.01. The Hall–Kier alpha value is -0.450. The van der Waals surface area contributed by atoms with E-state index in [0.717, 1.165) is 19.3 Å². The fraction of sp³-hybridized carbons (Fsp3) is 0.900. The minimum atomic E-state index is -0.273. The van der Waals surface area contributed by atoms with E-state index in [-0.39, 0.29) is 18.4 Å². The van der Waals surface area contributed by atoms with E-state index in [1.807, 2.05) is 13.8 Å². The van der Waals surface area contributed by atoms with E-state index < -0.39 is 0 Å². The highest BCUT2D eigenvalue weighted by atomic mass is 16.3. The Balaban J connectivity index is 0. The maximum Gasteiger partial charge on any atom is 0.146 e. The molecule has 0 rings (SSSR count). The first-order valence-corrected chi connectivity index (χ1v) is 5.22. The van der Waals surface area contributed by atoms with Crippen LogP contribution in [0.3, 0.4) is 0 Å². The second-order valence-electron chi connectivity index (χ2n) is 3.17. The summed E-state index contributed by atoms with van der Waals surface area (Å²) in [6.07, 6.45) is 3.12. The first kappa shape index (κ1) is 16.0. The molecule has 0 aliphatic carbocycles. The van der Waals surface area contributed by atoms with Gasteiger partial charge in [-0.15, -0.1) is 0 Å². The molecule has 0 bridgehead atoms. The van der Waals surface area contributed by atoms with Crippen LogP contribution in [0, 0.1) is 0 Å². The monoisotopic (exact) mass is 204 g/mol. The van der Waals surface area contributed by atoms with Gasteiger partial charge in [-0.1, -0.05) is 20.3 Å². The van der Waals surface area contributed by atoms with Crippen molar-refractivity contribution < 1.29 is 9.90 Å². The number of hydrogen-bond acceptors (Lipinski definition) is 4. The zero-order valence-corrected chi connectivity index (χ0v) is 9.33. The number of carbonyl (C=O) groups excluding carboxylic acids is 1. The molecular formula is C10H24N2O2. The van der Waals surface area contributed by atoms with Gasteiger partial charge in [0, 0.05) is 13.0 Å². The predicted octanol–water partition coefficient (Wildman–Crippen LogP) is 0.420. The lowest BCUT2D eigenvalue weighted by atomic mass is 10.2. The van der Waals surface area contributed by atoms with Gasteiger partial charge in [0.1, 0.15) is 5.78 Å². The Labute approximate surface area is 86.7 Å². The Morgan fingerprint density at radius 3 is 2.00 bits per heavy atom. The van der Waals surface area contributed by atoms with Gasteiger partial charge in [-0.3, -0.25) is 4.79 Å². The standard InChI is InChI=1S/C5H13NO.C5H11NO/c2*1-2-3-5(7)4-6/h5,7H,2-4,6H2,1H3;2-4,6H2,1H3. The maximum absolute atomic E-state index is 10.3. The molecule has 86 valence electrons. The summed E-state index contributed by atoms with van der Waals surface area (Å²) in [5.41, 5.74) is 10.1. The molecule has 0 heterocycles.